The molecule has 0 bridgehead atoms. The molecule has 10 aromatic rings. The molecule has 10 rings (SSSR count). The summed E-state index contributed by atoms with van der Waals surface area (Å²) in [5.74, 6) is 0.255. The molecule has 0 aliphatic carbocycles. The minimum Gasteiger partial charge on any atom is -0.481 e. The number of hydrogen-bond acceptors (Lipinski definition) is 8. The van der Waals surface area contributed by atoms with E-state index in [-0.39, 0.29) is 0 Å². The van der Waals surface area contributed by atoms with Crippen LogP contribution in [0.5, 0.6) is 11.8 Å². The molecule has 2 N–H and O–H groups in total. The van der Waals surface area contributed by atoms with Gasteiger partial charge in [0.2, 0.25) is 11.8 Å². The zero-order valence-electron chi connectivity index (χ0n) is 42.1. The van der Waals surface area contributed by atoms with E-state index < -0.39 is 23.0 Å². The predicted octanol–water partition coefficient (Wildman–Crippen LogP) is 12.7. The van der Waals surface area contributed by atoms with Crippen molar-refractivity contribution in [1.82, 2.24) is 19.8 Å². The number of aliphatic hydroxyl groups is 2. The van der Waals surface area contributed by atoms with Gasteiger partial charge in [0.25, 0.3) is 0 Å². The van der Waals surface area contributed by atoms with Gasteiger partial charge in [-0.3, -0.25) is 0 Å². The Bertz CT molecular complexity index is 3180. The van der Waals surface area contributed by atoms with Crippen molar-refractivity contribution < 1.29 is 19.7 Å². The topological polar surface area (TPSA) is 91.2 Å². The third-order valence-corrected chi connectivity index (χ3v) is 14.1. The molecular formula is C64H64N4O4. The van der Waals surface area contributed by atoms with Crippen molar-refractivity contribution in [2.24, 2.45) is 0 Å². The molecule has 2 heterocycles. The van der Waals surface area contributed by atoms with Gasteiger partial charge in [-0.1, -0.05) is 182 Å². The summed E-state index contributed by atoms with van der Waals surface area (Å²) < 4.78 is 11.7. The Hall–Kier alpha value is -7.46. The lowest BCUT2D eigenvalue weighted by atomic mass is 9.70. The van der Waals surface area contributed by atoms with Gasteiger partial charge in [-0.05, 0) is 109 Å². The highest BCUT2D eigenvalue weighted by Crippen LogP contribution is 2.51. The largest absolute Gasteiger partial charge is 0.481 e. The van der Waals surface area contributed by atoms with Crippen molar-refractivity contribution >= 4 is 43.4 Å². The number of aromatic nitrogens is 2. The fraction of sp³-hybridized carbons (Fsp3) is 0.219. The van der Waals surface area contributed by atoms with E-state index in [0.29, 0.717) is 37.7 Å². The Morgan fingerprint density at radius 2 is 0.750 bits per heavy atom. The summed E-state index contributed by atoms with van der Waals surface area (Å²) >= 11 is 0. The second-order valence-corrected chi connectivity index (χ2v) is 19.3. The number of methoxy groups -OCH3 is 2. The molecule has 8 aromatic carbocycles. The highest BCUT2D eigenvalue weighted by atomic mass is 16.5. The smallest absolute Gasteiger partial charge is 0.217 e. The first kappa shape index (κ1) is 49.5. The molecule has 2 aromatic heterocycles. The van der Waals surface area contributed by atoms with Crippen LogP contribution in [0.4, 0.5) is 0 Å². The van der Waals surface area contributed by atoms with Gasteiger partial charge < -0.3 is 29.5 Å². The normalized spacial score (nSPS) is 14.1. The Labute approximate surface area is 423 Å². The van der Waals surface area contributed by atoms with Crippen LogP contribution in [0.15, 0.2) is 206 Å². The van der Waals surface area contributed by atoms with Gasteiger partial charge in [0, 0.05) is 46.8 Å². The maximum Gasteiger partial charge on any atom is 0.217 e. The van der Waals surface area contributed by atoms with Crippen LogP contribution in [0.3, 0.4) is 0 Å². The monoisotopic (exact) mass is 952 g/mol. The van der Waals surface area contributed by atoms with Crippen molar-refractivity contribution in [3.63, 3.8) is 0 Å². The summed E-state index contributed by atoms with van der Waals surface area (Å²) in [6.07, 6.45) is 1.06. The summed E-state index contributed by atoms with van der Waals surface area (Å²) in [7, 11) is 11.5. The maximum absolute atomic E-state index is 13.0. The van der Waals surface area contributed by atoms with Crippen LogP contribution in [0.25, 0.3) is 43.4 Å². The lowest BCUT2D eigenvalue weighted by Crippen LogP contribution is -2.38. The molecular weight excluding hydrogens is 889 g/mol. The Morgan fingerprint density at radius 3 is 1.12 bits per heavy atom. The van der Waals surface area contributed by atoms with Crippen LogP contribution in [0, 0.1) is 0 Å². The van der Waals surface area contributed by atoms with Crippen LogP contribution in [-0.4, -0.2) is 85.5 Å². The molecule has 4 atom stereocenters. The predicted molar refractivity (Wildman–Crippen MR) is 295 cm³/mol. The fourth-order valence-corrected chi connectivity index (χ4v) is 10.5. The van der Waals surface area contributed by atoms with Crippen LogP contribution in [0.1, 0.15) is 58.1 Å². The minimum atomic E-state index is -1.23. The molecule has 72 heavy (non-hydrogen) atoms. The molecule has 0 spiro atoms. The van der Waals surface area contributed by atoms with E-state index in [0.717, 1.165) is 76.7 Å². The van der Waals surface area contributed by atoms with Crippen molar-refractivity contribution in [2.45, 2.75) is 35.9 Å². The molecule has 0 aliphatic heterocycles. The number of ether oxygens (including phenoxy) is 2. The second kappa shape index (κ2) is 21.9. The first-order valence-electron chi connectivity index (χ1n) is 24.7. The first-order valence-corrected chi connectivity index (χ1v) is 24.7. The number of benzene rings is 8. The number of nitrogens with zero attached hydrogens (tertiary/aromatic N) is 4. The molecule has 8 heteroatoms. The molecule has 0 saturated heterocycles. The average molecular weight is 953 g/mol. The summed E-state index contributed by atoms with van der Waals surface area (Å²) in [5.41, 5.74) is 4.86. The molecule has 0 saturated carbocycles. The quantitative estimate of drug-likeness (QED) is 0.0990. The van der Waals surface area contributed by atoms with Crippen LogP contribution >= 0.6 is 0 Å². The van der Waals surface area contributed by atoms with E-state index in [9.17, 15) is 10.2 Å². The molecule has 0 aliphatic rings. The zero-order chi connectivity index (χ0) is 50.2. The van der Waals surface area contributed by atoms with Gasteiger partial charge in [0.05, 0.1) is 25.3 Å². The van der Waals surface area contributed by atoms with Crippen LogP contribution < -0.4 is 9.47 Å². The molecule has 0 fully saturated rings. The third-order valence-electron chi connectivity index (χ3n) is 14.1. The molecule has 364 valence electrons. The fourth-order valence-electron chi connectivity index (χ4n) is 10.5. The number of fused-ring (bicyclic) bond motifs is 4. The van der Waals surface area contributed by atoms with Gasteiger partial charge in [0.15, 0.2) is 0 Å². The average Bonchev–Trinajstić information content (AvgIpc) is 3.42. The highest BCUT2D eigenvalue weighted by Gasteiger charge is 2.44. The van der Waals surface area contributed by atoms with E-state index in [1.165, 1.54) is 0 Å². The Balaban J connectivity index is 0.000000178. The van der Waals surface area contributed by atoms with Crippen molar-refractivity contribution in [1.29, 1.82) is 0 Å². The lowest BCUT2D eigenvalue weighted by Gasteiger charge is -2.39. The van der Waals surface area contributed by atoms with Crippen molar-refractivity contribution in [3.05, 3.63) is 240 Å². The van der Waals surface area contributed by atoms with Gasteiger partial charge in [-0.2, -0.15) is 0 Å². The van der Waals surface area contributed by atoms with Crippen molar-refractivity contribution in [3.8, 4) is 11.8 Å². The summed E-state index contributed by atoms with van der Waals surface area (Å²) in [6.45, 7) is 1.43. The second-order valence-electron chi connectivity index (χ2n) is 19.3. The number of para-hydroxylation sites is 2. The van der Waals surface area contributed by atoms with Gasteiger partial charge >= 0.3 is 0 Å². The Kier molecular flexibility index (Phi) is 15.1. The van der Waals surface area contributed by atoms with Crippen molar-refractivity contribution in [2.75, 3.05) is 55.5 Å². The van der Waals surface area contributed by atoms with Gasteiger partial charge in [-0.25, -0.2) is 9.97 Å². The summed E-state index contributed by atoms with van der Waals surface area (Å²) in [5, 5.41) is 32.3. The summed E-state index contributed by atoms with van der Waals surface area (Å²) in [6, 6.07) is 69.8. The number of rotatable bonds is 16. The SMILES string of the molecule is COc1nc2ccccc2cc1[C@@H](c1ccccc1)[C@](O)(CCN(C)C)c1cccc2ccccc12.COc1nc2ccccc2cc1[C@H](c1ccccc1)[C@@](O)(CCN(C)C)c1cccc2ccccc12. The third kappa shape index (κ3) is 10.2. The van der Waals surface area contributed by atoms with E-state index >= 15 is 0 Å². The lowest BCUT2D eigenvalue weighted by molar-refractivity contribution is 0.00490. The van der Waals surface area contributed by atoms with E-state index in [2.05, 4.69) is 107 Å². The maximum atomic E-state index is 13.0. The highest BCUT2D eigenvalue weighted by molar-refractivity contribution is 5.88. The van der Waals surface area contributed by atoms with Gasteiger partial charge in [0.1, 0.15) is 11.2 Å². The first-order chi connectivity index (χ1) is 35.0. The number of pyridine rings is 2. The molecule has 0 amide bonds. The molecule has 8 nitrogen and oxygen atoms in total. The zero-order valence-corrected chi connectivity index (χ0v) is 42.1. The standard InChI is InChI=1S/2C32H32N2O2/c2*1-34(2)21-20-32(35,28-18-11-16-23-12-7-9-17-26(23)28)30(24-13-5-4-6-14-24)27-22-25-15-8-10-19-29(25)33-31(27)36-3/h2*4-19,22,30,35H,20-21H2,1-3H3/t2*30-,32+/m10/s1. The Morgan fingerprint density at radius 1 is 0.417 bits per heavy atom. The van der Waals surface area contributed by atoms with Gasteiger partial charge in [-0.15, -0.1) is 0 Å². The van der Waals surface area contributed by atoms with Crippen LogP contribution in [-0.2, 0) is 11.2 Å². The molecule has 0 unspecified atom stereocenters. The summed E-state index contributed by atoms with van der Waals surface area (Å²) in [4.78, 5) is 14.0. The van der Waals surface area contributed by atoms with E-state index in [4.69, 9.17) is 19.4 Å². The minimum absolute atomic E-state index is 0.406. The van der Waals surface area contributed by atoms with E-state index in [1.807, 2.05) is 137 Å². The van der Waals surface area contributed by atoms with Crippen LogP contribution in [0.2, 0.25) is 0 Å². The number of hydrogen-bond donors (Lipinski definition) is 2. The molecule has 0 radical (unpaired) electrons. The van der Waals surface area contributed by atoms with E-state index in [1.54, 1.807) is 14.2 Å².